The zero-order chi connectivity index (χ0) is 15.1. The van der Waals surface area contributed by atoms with E-state index in [2.05, 4.69) is 4.72 Å². The van der Waals surface area contributed by atoms with Crippen LogP contribution in [-0.4, -0.2) is 15.5 Å². The van der Waals surface area contributed by atoms with Gasteiger partial charge in [-0.05, 0) is 42.7 Å². The first-order chi connectivity index (χ1) is 9.95. The van der Waals surface area contributed by atoms with E-state index < -0.39 is 15.6 Å². The molecule has 0 amide bonds. The zero-order valence-corrected chi connectivity index (χ0v) is 13.7. The standard InChI is InChI=1S/C14H14ClNO3S2/c1-19-11-4-2-10(3-5-11)14(8-9-14)16-21(17,18)13-7-6-12(15)20-13/h2-7,16H,8-9H2,1H3. The number of benzene rings is 1. The predicted molar refractivity (Wildman–Crippen MR) is 83.6 cm³/mol. The fourth-order valence-corrected chi connectivity index (χ4v) is 5.17. The molecule has 0 radical (unpaired) electrons. The average Bonchev–Trinajstić information content (AvgIpc) is 3.09. The third-order valence-corrected chi connectivity index (χ3v) is 6.80. The van der Waals surface area contributed by atoms with Gasteiger partial charge in [-0.25, -0.2) is 8.42 Å². The molecule has 1 aromatic heterocycles. The Morgan fingerprint density at radius 1 is 1.19 bits per heavy atom. The lowest BCUT2D eigenvalue weighted by Crippen LogP contribution is -2.34. The van der Waals surface area contributed by atoms with E-state index in [1.54, 1.807) is 13.2 Å². The molecule has 0 saturated heterocycles. The zero-order valence-electron chi connectivity index (χ0n) is 11.3. The molecule has 1 N–H and O–H groups in total. The van der Waals surface area contributed by atoms with Gasteiger partial charge in [0, 0.05) is 0 Å². The smallest absolute Gasteiger partial charge is 0.250 e. The second-order valence-corrected chi connectivity index (χ2v) is 8.60. The molecule has 1 saturated carbocycles. The largest absolute Gasteiger partial charge is 0.497 e. The van der Waals surface area contributed by atoms with Crippen LogP contribution in [0.4, 0.5) is 0 Å². The average molecular weight is 344 g/mol. The minimum Gasteiger partial charge on any atom is -0.497 e. The Bertz CT molecular complexity index is 749. The lowest BCUT2D eigenvalue weighted by atomic mass is 10.1. The van der Waals surface area contributed by atoms with E-state index >= 15 is 0 Å². The highest BCUT2D eigenvalue weighted by Crippen LogP contribution is 2.47. The van der Waals surface area contributed by atoms with E-state index in [4.69, 9.17) is 16.3 Å². The Morgan fingerprint density at radius 3 is 2.33 bits per heavy atom. The molecule has 1 fully saturated rings. The molecule has 1 aromatic carbocycles. The normalized spacial score (nSPS) is 16.7. The number of halogens is 1. The number of hydrogen-bond donors (Lipinski definition) is 1. The molecule has 0 spiro atoms. The fraction of sp³-hybridized carbons (Fsp3) is 0.286. The number of ether oxygens (including phenoxy) is 1. The molecule has 4 nitrogen and oxygen atoms in total. The van der Waals surface area contributed by atoms with Crippen LogP contribution in [0.5, 0.6) is 5.75 Å². The van der Waals surface area contributed by atoms with Gasteiger partial charge in [0.25, 0.3) is 10.0 Å². The molecule has 0 bridgehead atoms. The highest BCUT2D eigenvalue weighted by molar-refractivity contribution is 7.91. The van der Waals surface area contributed by atoms with Gasteiger partial charge >= 0.3 is 0 Å². The third kappa shape index (κ3) is 2.94. The van der Waals surface area contributed by atoms with Crippen molar-refractivity contribution in [1.82, 2.24) is 4.72 Å². The van der Waals surface area contributed by atoms with Crippen molar-refractivity contribution in [3.63, 3.8) is 0 Å². The van der Waals surface area contributed by atoms with Crippen LogP contribution in [0.15, 0.2) is 40.6 Å². The van der Waals surface area contributed by atoms with E-state index in [-0.39, 0.29) is 4.21 Å². The number of rotatable bonds is 5. The van der Waals surface area contributed by atoms with Crippen molar-refractivity contribution >= 4 is 33.0 Å². The minimum absolute atomic E-state index is 0.243. The van der Waals surface area contributed by atoms with Gasteiger partial charge in [-0.15, -0.1) is 11.3 Å². The second-order valence-electron chi connectivity index (χ2n) is 4.97. The molecule has 2 aromatic rings. The van der Waals surface area contributed by atoms with Crippen molar-refractivity contribution in [2.24, 2.45) is 0 Å². The molecule has 1 aliphatic carbocycles. The van der Waals surface area contributed by atoms with Gasteiger partial charge in [-0.3, -0.25) is 0 Å². The molecule has 0 unspecified atom stereocenters. The molecule has 7 heteroatoms. The lowest BCUT2D eigenvalue weighted by Gasteiger charge is -2.17. The van der Waals surface area contributed by atoms with Crippen molar-refractivity contribution in [1.29, 1.82) is 0 Å². The number of hydrogen-bond acceptors (Lipinski definition) is 4. The first kappa shape index (κ1) is 14.8. The summed E-state index contributed by atoms with van der Waals surface area (Å²) in [6.07, 6.45) is 1.58. The van der Waals surface area contributed by atoms with E-state index in [0.29, 0.717) is 4.34 Å². The molecule has 0 aliphatic heterocycles. The van der Waals surface area contributed by atoms with Crippen LogP contribution in [0.2, 0.25) is 4.34 Å². The van der Waals surface area contributed by atoms with Gasteiger partial charge in [0.15, 0.2) is 0 Å². The van der Waals surface area contributed by atoms with E-state index in [9.17, 15) is 8.42 Å². The molecule has 1 aliphatic rings. The van der Waals surface area contributed by atoms with Crippen molar-refractivity contribution in [3.8, 4) is 5.75 Å². The Labute approximate surface area is 132 Å². The van der Waals surface area contributed by atoms with Gasteiger partial charge in [-0.2, -0.15) is 4.72 Å². The Morgan fingerprint density at radius 2 is 1.86 bits per heavy atom. The minimum atomic E-state index is -3.55. The van der Waals surface area contributed by atoms with Gasteiger partial charge < -0.3 is 4.74 Å². The maximum atomic E-state index is 12.4. The van der Waals surface area contributed by atoms with Gasteiger partial charge in [0.05, 0.1) is 17.0 Å². The van der Waals surface area contributed by atoms with Crippen molar-refractivity contribution in [2.45, 2.75) is 22.6 Å². The number of nitrogens with one attached hydrogen (secondary N) is 1. The fourth-order valence-electron chi connectivity index (χ4n) is 2.23. The number of methoxy groups -OCH3 is 1. The number of thiophene rings is 1. The maximum Gasteiger partial charge on any atom is 0.250 e. The summed E-state index contributed by atoms with van der Waals surface area (Å²) in [5, 5.41) is 0. The van der Waals surface area contributed by atoms with E-state index in [0.717, 1.165) is 35.5 Å². The van der Waals surface area contributed by atoms with Crippen LogP contribution in [-0.2, 0) is 15.6 Å². The van der Waals surface area contributed by atoms with Crippen LogP contribution >= 0.6 is 22.9 Å². The number of sulfonamides is 1. The molecule has 21 heavy (non-hydrogen) atoms. The summed E-state index contributed by atoms with van der Waals surface area (Å²) in [5.74, 6) is 0.752. The summed E-state index contributed by atoms with van der Waals surface area (Å²) in [4.78, 5) is 0. The Hall–Kier alpha value is -1.08. The molecular formula is C14H14ClNO3S2. The Kier molecular flexibility index (Phi) is 3.73. The third-order valence-electron chi connectivity index (χ3n) is 3.54. The first-order valence-electron chi connectivity index (χ1n) is 6.39. The van der Waals surface area contributed by atoms with Crippen LogP contribution in [0.25, 0.3) is 0 Å². The summed E-state index contributed by atoms with van der Waals surface area (Å²) in [6.45, 7) is 0. The van der Waals surface area contributed by atoms with Gasteiger partial charge in [0.1, 0.15) is 9.96 Å². The van der Waals surface area contributed by atoms with Crippen molar-refractivity contribution in [3.05, 3.63) is 46.3 Å². The van der Waals surface area contributed by atoms with Gasteiger partial charge in [0.2, 0.25) is 0 Å². The highest BCUT2D eigenvalue weighted by Gasteiger charge is 2.47. The quantitative estimate of drug-likeness (QED) is 0.905. The molecular weight excluding hydrogens is 330 g/mol. The summed E-state index contributed by atoms with van der Waals surface area (Å²) in [7, 11) is -1.94. The van der Waals surface area contributed by atoms with Crippen LogP contribution < -0.4 is 9.46 Å². The summed E-state index contributed by atoms with van der Waals surface area (Å²) < 4.78 is 33.5. The van der Waals surface area contributed by atoms with Crippen LogP contribution in [0, 0.1) is 0 Å². The second kappa shape index (κ2) is 5.28. The summed E-state index contributed by atoms with van der Waals surface area (Å²) in [5.41, 5.74) is 0.455. The molecule has 1 heterocycles. The summed E-state index contributed by atoms with van der Waals surface area (Å²) >= 11 is 6.88. The van der Waals surface area contributed by atoms with Crippen LogP contribution in [0.3, 0.4) is 0 Å². The van der Waals surface area contributed by atoms with Crippen molar-refractivity contribution in [2.75, 3.05) is 7.11 Å². The first-order valence-corrected chi connectivity index (χ1v) is 9.07. The van der Waals surface area contributed by atoms with Crippen molar-refractivity contribution < 1.29 is 13.2 Å². The summed E-state index contributed by atoms with van der Waals surface area (Å²) in [6, 6.07) is 10.6. The Balaban J connectivity index is 1.86. The maximum absolute atomic E-state index is 12.4. The topological polar surface area (TPSA) is 55.4 Å². The van der Waals surface area contributed by atoms with Gasteiger partial charge in [-0.1, -0.05) is 23.7 Å². The monoisotopic (exact) mass is 343 g/mol. The highest BCUT2D eigenvalue weighted by atomic mass is 35.5. The predicted octanol–water partition coefficient (Wildman–Crippen LogP) is 3.38. The van der Waals surface area contributed by atoms with Crippen LogP contribution in [0.1, 0.15) is 18.4 Å². The molecule has 3 rings (SSSR count). The van der Waals surface area contributed by atoms with E-state index in [1.807, 2.05) is 24.3 Å². The van der Waals surface area contributed by atoms with E-state index in [1.165, 1.54) is 6.07 Å². The molecule has 112 valence electrons. The lowest BCUT2D eigenvalue weighted by molar-refractivity contribution is 0.414. The molecule has 0 atom stereocenters. The SMILES string of the molecule is COc1ccc(C2(NS(=O)(=O)c3ccc(Cl)s3)CC2)cc1.